The highest BCUT2D eigenvalue weighted by molar-refractivity contribution is 9.10. The van der Waals surface area contributed by atoms with Gasteiger partial charge in [0, 0.05) is 7.11 Å². The largest absolute Gasteiger partial charge is 0.490 e. The zero-order valence-electron chi connectivity index (χ0n) is 12.8. The number of hydrogen-bond acceptors (Lipinski definition) is 4. The fourth-order valence-electron chi connectivity index (χ4n) is 1.83. The molecule has 0 saturated carbocycles. The van der Waals surface area contributed by atoms with Gasteiger partial charge < -0.3 is 14.2 Å². The van der Waals surface area contributed by atoms with E-state index in [0.717, 1.165) is 10.0 Å². The number of halogens is 2. The molecule has 0 radical (unpaired) electrons. The molecule has 0 aliphatic carbocycles. The first-order valence-corrected chi connectivity index (χ1v) is 8.49. The number of benzene rings is 2. The van der Waals surface area contributed by atoms with Gasteiger partial charge in [0.15, 0.2) is 0 Å². The Hall–Kier alpha value is -1.37. The minimum Gasteiger partial charge on any atom is -0.490 e. The van der Waals surface area contributed by atoms with E-state index < -0.39 is 5.97 Å². The lowest BCUT2D eigenvalue weighted by Gasteiger charge is -2.10. The topological polar surface area (TPSA) is 44.8 Å². The van der Waals surface area contributed by atoms with E-state index in [2.05, 4.69) is 31.9 Å². The van der Waals surface area contributed by atoms with Gasteiger partial charge in [-0.05, 0) is 74.7 Å². The number of carbonyl (C=O) groups excluding carboxylic acids is 1. The van der Waals surface area contributed by atoms with Gasteiger partial charge in [0.05, 0.1) is 21.1 Å². The molecule has 2 aromatic carbocycles. The van der Waals surface area contributed by atoms with Gasteiger partial charge in [0.2, 0.25) is 0 Å². The first-order chi connectivity index (χ1) is 11.0. The van der Waals surface area contributed by atoms with Crippen LogP contribution in [0.25, 0.3) is 0 Å². The summed E-state index contributed by atoms with van der Waals surface area (Å²) >= 11 is 6.79. The van der Waals surface area contributed by atoms with E-state index in [1.165, 1.54) is 0 Å². The van der Waals surface area contributed by atoms with Crippen molar-refractivity contribution in [3.8, 4) is 11.5 Å². The molecule has 0 N–H and O–H groups in total. The molecular weight excluding hydrogens is 428 g/mol. The average Bonchev–Trinajstić information content (AvgIpc) is 2.51. The van der Waals surface area contributed by atoms with Crippen LogP contribution in [0, 0.1) is 6.92 Å². The third-order valence-electron chi connectivity index (χ3n) is 3.00. The number of methoxy groups -OCH3 is 1. The van der Waals surface area contributed by atoms with E-state index in [0.29, 0.717) is 34.7 Å². The Bertz CT molecular complexity index is 701. The van der Waals surface area contributed by atoms with E-state index in [1.54, 1.807) is 31.4 Å². The molecule has 0 amide bonds. The van der Waals surface area contributed by atoms with Crippen molar-refractivity contribution in [3.05, 3.63) is 56.5 Å². The van der Waals surface area contributed by atoms with E-state index in [9.17, 15) is 4.79 Å². The maximum Gasteiger partial charge on any atom is 0.343 e. The van der Waals surface area contributed by atoms with Gasteiger partial charge in [-0.2, -0.15) is 0 Å². The molecule has 2 rings (SSSR count). The number of carbonyl (C=O) groups is 1. The summed E-state index contributed by atoms with van der Waals surface area (Å²) < 4.78 is 17.3. The molecule has 0 aliphatic heterocycles. The molecule has 122 valence electrons. The van der Waals surface area contributed by atoms with Crippen molar-refractivity contribution < 1.29 is 19.0 Å². The summed E-state index contributed by atoms with van der Waals surface area (Å²) in [6.07, 6.45) is 0. The van der Waals surface area contributed by atoms with E-state index >= 15 is 0 Å². The molecule has 6 heteroatoms. The van der Waals surface area contributed by atoms with Crippen LogP contribution in [0.15, 0.2) is 45.3 Å². The molecule has 0 fully saturated rings. The summed E-state index contributed by atoms with van der Waals surface area (Å²) in [7, 11) is 1.61. The highest BCUT2D eigenvalue weighted by Gasteiger charge is 2.13. The zero-order chi connectivity index (χ0) is 16.8. The SMILES string of the molecule is COCCOc1ccc(C(=O)Oc2ccc(C)cc2Br)cc1Br. The number of hydrogen-bond donors (Lipinski definition) is 0. The predicted molar refractivity (Wildman–Crippen MR) is 95.4 cm³/mol. The Balaban J connectivity index is 2.09. The Morgan fingerprint density at radius 3 is 2.35 bits per heavy atom. The number of ether oxygens (including phenoxy) is 3. The van der Waals surface area contributed by atoms with Gasteiger partial charge in [0.25, 0.3) is 0 Å². The van der Waals surface area contributed by atoms with Crippen LogP contribution in [0.5, 0.6) is 11.5 Å². The van der Waals surface area contributed by atoms with Crippen LogP contribution in [0.1, 0.15) is 15.9 Å². The fraction of sp³-hybridized carbons (Fsp3) is 0.235. The highest BCUT2D eigenvalue weighted by Crippen LogP contribution is 2.29. The van der Waals surface area contributed by atoms with Crippen molar-refractivity contribution in [3.63, 3.8) is 0 Å². The number of esters is 1. The lowest BCUT2D eigenvalue weighted by atomic mass is 10.2. The van der Waals surface area contributed by atoms with Crippen molar-refractivity contribution >= 4 is 37.8 Å². The van der Waals surface area contributed by atoms with Crippen LogP contribution < -0.4 is 9.47 Å². The molecule has 0 atom stereocenters. The molecule has 4 nitrogen and oxygen atoms in total. The maximum absolute atomic E-state index is 12.3. The molecule has 23 heavy (non-hydrogen) atoms. The highest BCUT2D eigenvalue weighted by atomic mass is 79.9. The smallest absolute Gasteiger partial charge is 0.343 e. The maximum atomic E-state index is 12.3. The van der Waals surface area contributed by atoms with Gasteiger partial charge in [-0.1, -0.05) is 6.07 Å². The quantitative estimate of drug-likeness (QED) is 0.366. The monoisotopic (exact) mass is 442 g/mol. The summed E-state index contributed by atoms with van der Waals surface area (Å²) in [5, 5.41) is 0. The molecule has 0 unspecified atom stereocenters. The van der Waals surface area contributed by atoms with Crippen molar-refractivity contribution in [2.75, 3.05) is 20.3 Å². The van der Waals surface area contributed by atoms with Gasteiger partial charge in [-0.15, -0.1) is 0 Å². The minimum atomic E-state index is -0.432. The van der Waals surface area contributed by atoms with Crippen LogP contribution in [-0.4, -0.2) is 26.3 Å². The van der Waals surface area contributed by atoms with E-state index in [-0.39, 0.29) is 0 Å². The number of aryl methyl sites for hydroxylation is 1. The first kappa shape index (κ1) is 18.0. The standard InChI is InChI=1S/C17H16Br2O4/c1-11-3-5-16(13(18)9-11)23-17(20)12-4-6-15(14(19)10-12)22-8-7-21-2/h3-6,9-10H,7-8H2,1-2H3. The van der Waals surface area contributed by atoms with Crippen LogP contribution in [0.2, 0.25) is 0 Å². The zero-order valence-corrected chi connectivity index (χ0v) is 15.9. The van der Waals surface area contributed by atoms with E-state index in [4.69, 9.17) is 14.2 Å². The van der Waals surface area contributed by atoms with Crippen LogP contribution in [0.4, 0.5) is 0 Å². The molecule has 0 aromatic heterocycles. The summed E-state index contributed by atoms with van der Waals surface area (Å²) in [6.45, 7) is 2.91. The second-order valence-corrected chi connectivity index (χ2v) is 6.52. The molecule has 0 saturated heterocycles. The van der Waals surface area contributed by atoms with Crippen LogP contribution in [-0.2, 0) is 4.74 Å². The molecule has 0 spiro atoms. The summed E-state index contributed by atoms with van der Waals surface area (Å²) in [6, 6.07) is 10.6. The Morgan fingerprint density at radius 1 is 1.00 bits per heavy atom. The molecule has 2 aromatic rings. The lowest BCUT2D eigenvalue weighted by Crippen LogP contribution is -2.10. The normalized spacial score (nSPS) is 10.4. The average molecular weight is 444 g/mol. The molecule has 0 aliphatic rings. The molecule has 0 heterocycles. The summed E-state index contributed by atoms with van der Waals surface area (Å²) in [5.74, 6) is 0.700. The lowest BCUT2D eigenvalue weighted by molar-refractivity contribution is 0.0733. The van der Waals surface area contributed by atoms with Crippen molar-refractivity contribution in [1.29, 1.82) is 0 Å². The Kier molecular flexibility index (Phi) is 6.62. The Morgan fingerprint density at radius 2 is 1.70 bits per heavy atom. The van der Waals surface area contributed by atoms with Crippen LogP contribution in [0.3, 0.4) is 0 Å². The molecule has 0 bridgehead atoms. The van der Waals surface area contributed by atoms with Gasteiger partial charge in [0.1, 0.15) is 18.1 Å². The minimum absolute atomic E-state index is 0.432. The molecular formula is C17H16Br2O4. The second kappa shape index (κ2) is 8.47. The van der Waals surface area contributed by atoms with Gasteiger partial charge in [-0.3, -0.25) is 0 Å². The van der Waals surface area contributed by atoms with Crippen molar-refractivity contribution in [1.82, 2.24) is 0 Å². The predicted octanol–water partition coefficient (Wildman–Crippen LogP) is 4.76. The fourth-order valence-corrected chi connectivity index (χ4v) is 2.89. The third-order valence-corrected chi connectivity index (χ3v) is 4.24. The second-order valence-electron chi connectivity index (χ2n) is 4.81. The number of rotatable bonds is 6. The van der Waals surface area contributed by atoms with E-state index in [1.807, 2.05) is 19.1 Å². The summed E-state index contributed by atoms with van der Waals surface area (Å²) in [4.78, 5) is 12.3. The summed E-state index contributed by atoms with van der Waals surface area (Å²) in [5.41, 5.74) is 1.51. The van der Waals surface area contributed by atoms with Crippen LogP contribution >= 0.6 is 31.9 Å². The first-order valence-electron chi connectivity index (χ1n) is 6.91. The van der Waals surface area contributed by atoms with Crippen molar-refractivity contribution in [2.45, 2.75) is 6.92 Å². The third kappa shape index (κ3) is 5.06. The van der Waals surface area contributed by atoms with Crippen molar-refractivity contribution in [2.24, 2.45) is 0 Å². The Labute approximate surface area is 152 Å². The van der Waals surface area contributed by atoms with Gasteiger partial charge in [-0.25, -0.2) is 4.79 Å². The van der Waals surface area contributed by atoms with Gasteiger partial charge >= 0.3 is 5.97 Å².